The lowest BCUT2D eigenvalue weighted by atomic mass is 9.95. The quantitative estimate of drug-likeness (QED) is 0.442. The summed E-state index contributed by atoms with van der Waals surface area (Å²) in [5, 5.41) is 5.83. The minimum absolute atomic E-state index is 0.0735. The van der Waals surface area contributed by atoms with Crippen LogP contribution in [0.4, 0.5) is 5.69 Å². The van der Waals surface area contributed by atoms with Crippen LogP contribution in [-0.2, 0) is 23.1 Å². The van der Waals surface area contributed by atoms with E-state index in [-0.39, 0.29) is 46.5 Å². The number of hydrogen-bond donors (Lipinski definition) is 2. The molecule has 8 heteroatoms. The van der Waals surface area contributed by atoms with Crippen molar-refractivity contribution >= 4 is 29.3 Å². The summed E-state index contributed by atoms with van der Waals surface area (Å²) in [6.45, 7) is 8.05. The Morgan fingerprint density at radius 3 is 2.20 bits per heavy atom. The molecule has 3 rings (SSSR count). The molecule has 186 valence electrons. The molecule has 0 spiro atoms. The highest BCUT2D eigenvalue weighted by molar-refractivity contribution is 8.00. The number of aromatic nitrogens is 2. The van der Waals surface area contributed by atoms with E-state index in [0.29, 0.717) is 5.69 Å². The van der Waals surface area contributed by atoms with Gasteiger partial charge in [0.15, 0.2) is 0 Å². The fraction of sp³-hybridized carbons (Fsp3) is 0.370. The fourth-order valence-corrected chi connectivity index (χ4v) is 4.56. The van der Waals surface area contributed by atoms with Gasteiger partial charge in [0, 0.05) is 7.05 Å². The minimum Gasteiger partial charge on any atom is -0.348 e. The van der Waals surface area contributed by atoms with Crippen molar-refractivity contribution in [2.24, 2.45) is 13.0 Å². The number of hydrogen-bond acceptors (Lipinski definition) is 4. The van der Waals surface area contributed by atoms with Gasteiger partial charge in [0.25, 0.3) is 5.56 Å². The second-order valence-corrected chi connectivity index (χ2v) is 9.85. The van der Waals surface area contributed by atoms with Gasteiger partial charge in [0.1, 0.15) is 5.69 Å². The number of benzene rings is 2. The zero-order valence-corrected chi connectivity index (χ0v) is 21.8. The molecule has 0 fully saturated rings. The molecule has 0 aliphatic carbocycles. The van der Waals surface area contributed by atoms with E-state index < -0.39 is 0 Å². The first-order chi connectivity index (χ1) is 16.7. The van der Waals surface area contributed by atoms with Crippen LogP contribution >= 0.6 is 11.8 Å². The smallest absolute Gasteiger partial charge is 0.295 e. The normalized spacial score (nSPS) is 11.9. The summed E-state index contributed by atoms with van der Waals surface area (Å²) in [5.74, 6) is 0.0239. The van der Waals surface area contributed by atoms with Crippen LogP contribution in [0.15, 0.2) is 59.4 Å². The highest BCUT2D eigenvalue weighted by atomic mass is 32.2. The van der Waals surface area contributed by atoms with Gasteiger partial charge in [-0.2, -0.15) is 0 Å². The molecular formula is C27H34N4O3S. The largest absolute Gasteiger partial charge is 0.348 e. The van der Waals surface area contributed by atoms with Gasteiger partial charge >= 0.3 is 0 Å². The summed E-state index contributed by atoms with van der Waals surface area (Å²) in [7, 11) is 1.78. The van der Waals surface area contributed by atoms with Crippen molar-refractivity contribution in [3.8, 4) is 5.69 Å². The lowest BCUT2D eigenvalue weighted by Crippen LogP contribution is -2.33. The molecular weight excluding hydrogens is 460 g/mol. The maximum atomic E-state index is 12.9. The second-order valence-electron chi connectivity index (χ2n) is 8.86. The van der Waals surface area contributed by atoms with Gasteiger partial charge in [-0.15, -0.1) is 11.8 Å². The van der Waals surface area contributed by atoms with Crippen molar-refractivity contribution in [1.82, 2.24) is 14.7 Å². The van der Waals surface area contributed by atoms with Crippen molar-refractivity contribution in [2.75, 3.05) is 16.8 Å². The Hall–Kier alpha value is -3.26. The molecule has 0 saturated carbocycles. The van der Waals surface area contributed by atoms with Crippen LogP contribution in [0.2, 0.25) is 0 Å². The number of rotatable bonds is 10. The third-order valence-corrected chi connectivity index (χ3v) is 6.95. The summed E-state index contributed by atoms with van der Waals surface area (Å²) in [4.78, 5) is 38.1. The van der Waals surface area contributed by atoms with E-state index in [9.17, 15) is 14.4 Å². The monoisotopic (exact) mass is 494 g/mol. The number of amides is 2. The Bertz CT molecular complexity index is 1210. The number of carbonyl (C=O) groups is 2. The standard InChI is InChI=1S/C27H34N4O3S/c1-6-20-12-14-21(15-13-20)25(18(2)3)28-23(32)16-35-17-24(33)29-26-19(4)30(5)31(27(26)34)22-10-8-7-9-11-22/h7-15,18,25H,6,16-17H2,1-5H3,(H,28,32)(H,29,33). The topological polar surface area (TPSA) is 85.1 Å². The Morgan fingerprint density at radius 1 is 0.971 bits per heavy atom. The Balaban J connectivity index is 1.56. The Kier molecular flexibility index (Phi) is 8.98. The van der Waals surface area contributed by atoms with Gasteiger partial charge in [0.2, 0.25) is 11.8 Å². The van der Waals surface area contributed by atoms with Gasteiger partial charge in [-0.3, -0.25) is 19.1 Å². The summed E-state index contributed by atoms with van der Waals surface area (Å²) in [6, 6.07) is 17.5. The molecule has 7 nitrogen and oxygen atoms in total. The van der Waals surface area contributed by atoms with E-state index in [1.165, 1.54) is 22.0 Å². The van der Waals surface area contributed by atoms with E-state index in [4.69, 9.17) is 0 Å². The third kappa shape index (κ3) is 6.45. The van der Waals surface area contributed by atoms with Crippen LogP contribution in [-0.4, -0.2) is 32.7 Å². The predicted molar refractivity (Wildman–Crippen MR) is 143 cm³/mol. The highest BCUT2D eigenvalue weighted by Gasteiger charge is 2.20. The van der Waals surface area contributed by atoms with Gasteiger partial charge in [-0.05, 0) is 42.5 Å². The molecule has 0 saturated heterocycles. The minimum atomic E-state index is -0.315. The van der Waals surface area contributed by atoms with Gasteiger partial charge in [0.05, 0.1) is 28.9 Å². The Labute approximate surface area is 210 Å². The average Bonchev–Trinajstić information content (AvgIpc) is 3.06. The molecule has 1 unspecified atom stereocenters. The molecule has 2 N–H and O–H groups in total. The van der Waals surface area contributed by atoms with E-state index in [1.54, 1.807) is 18.7 Å². The van der Waals surface area contributed by atoms with Crippen molar-refractivity contribution in [1.29, 1.82) is 0 Å². The van der Waals surface area contributed by atoms with Gasteiger partial charge in [-0.1, -0.05) is 63.2 Å². The maximum absolute atomic E-state index is 12.9. The summed E-state index contributed by atoms with van der Waals surface area (Å²) < 4.78 is 3.23. The molecule has 2 aromatic carbocycles. The van der Waals surface area contributed by atoms with Crippen LogP contribution < -0.4 is 16.2 Å². The van der Waals surface area contributed by atoms with Crippen LogP contribution in [0.25, 0.3) is 5.69 Å². The van der Waals surface area contributed by atoms with Crippen molar-refractivity contribution in [3.63, 3.8) is 0 Å². The number of para-hydroxylation sites is 1. The molecule has 35 heavy (non-hydrogen) atoms. The van der Waals surface area contributed by atoms with E-state index in [1.807, 2.05) is 30.3 Å². The summed E-state index contributed by atoms with van der Waals surface area (Å²) >= 11 is 1.22. The molecule has 0 aliphatic heterocycles. The zero-order chi connectivity index (χ0) is 25.5. The van der Waals surface area contributed by atoms with Crippen LogP contribution in [0, 0.1) is 12.8 Å². The number of thioether (sulfide) groups is 1. The number of nitrogens with zero attached hydrogens (tertiary/aromatic N) is 2. The molecule has 1 atom stereocenters. The third-order valence-electron chi connectivity index (χ3n) is 6.02. The molecule has 0 aliphatic rings. The first kappa shape index (κ1) is 26.3. The highest BCUT2D eigenvalue weighted by Crippen LogP contribution is 2.22. The Morgan fingerprint density at radius 2 is 1.60 bits per heavy atom. The second kappa shape index (κ2) is 11.9. The zero-order valence-electron chi connectivity index (χ0n) is 21.0. The van der Waals surface area contributed by atoms with E-state index >= 15 is 0 Å². The first-order valence-corrected chi connectivity index (χ1v) is 13.0. The maximum Gasteiger partial charge on any atom is 0.295 e. The molecule has 1 heterocycles. The van der Waals surface area contributed by atoms with E-state index in [2.05, 4.69) is 55.7 Å². The van der Waals surface area contributed by atoms with Gasteiger partial charge < -0.3 is 10.6 Å². The number of nitrogens with one attached hydrogen (secondary N) is 2. The molecule has 0 radical (unpaired) electrons. The number of aryl methyl sites for hydroxylation is 1. The average molecular weight is 495 g/mol. The fourth-order valence-electron chi connectivity index (χ4n) is 3.93. The summed E-state index contributed by atoms with van der Waals surface area (Å²) in [6.07, 6.45) is 0.973. The molecule has 3 aromatic rings. The first-order valence-electron chi connectivity index (χ1n) is 11.8. The summed E-state index contributed by atoms with van der Waals surface area (Å²) in [5.41, 5.74) is 3.67. The lowest BCUT2D eigenvalue weighted by Gasteiger charge is -2.23. The predicted octanol–water partition coefficient (Wildman–Crippen LogP) is 4.23. The molecule has 0 bridgehead atoms. The van der Waals surface area contributed by atoms with Crippen molar-refractivity contribution in [3.05, 3.63) is 81.8 Å². The SMILES string of the molecule is CCc1ccc(C(NC(=O)CSCC(=O)Nc2c(C)n(C)n(-c3ccccc3)c2=O)C(C)C)cc1. The molecule has 1 aromatic heterocycles. The van der Waals surface area contributed by atoms with Crippen molar-refractivity contribution < 1.29 is 9.59 Å². The molecule has 2 amide bonds. The van der Waals surface area contributed by atoms with Crippen LogP contribution in [0.1, 0.15) is 43.6 Å². The lowest BCUT2D eigenvalue weighted by molar-refractivity contribution is -0.119. The van der Waals surface area contributed by atoms with Gasteiger partial charge in [-0.25, -0.2) is 4.68 Å². The van der Waals surface area contributed by atoms with Crippen LogP contribution in [0.5, 0.6) is 0 Å². The number of carbonyl (C=O) groups excluding carboxylic acids is 2. The van der Waals surface area contributed by atoms with E-state index in [0.717, 1.165) is 17.7 Å². The number of anilines is 1. The van der Waals surface area contributed by atoms with Crippen LogP contribution in [0.3, 0.4) is 0 Å². The van der Waals surface area contributed by atoms with Crippen molar-refractivity contribution in [2.45, 2.75) is 40.2 Å².